The smallest absolute Gasteiger partial charge is 0.358 e. The minimum Gasteiger partial charge on any atom is -0.454 e. The van der Waals surface area contributed by atoms with Crippen LogP contribution in [0.15, 0.2) is 36.2 Å². The highest BCUT2D eigenvalue weighted by Crippen LogP contribution is 2.34. The Bertz CT molecular complexity index is 805. The number of aromatic nitrogens is 1. The molecule has 9 heteroatoms. The van der Waals surface area contributed by atoms with E-state index in [0.29, 0.717) is 28.9 Å². The molecule has 0 saturated carbocycles. The molecule has 0 saturated heterocycles. The third kappa shape index (κ3) is 4.27. The van der Waals surface area contributed by atoms with Crippen molar-refractivity contribution in [1.29, 1.82) is 0 Å². The molecule has 8 nitrogen and oxygen atoms in total. The van der Waals surface area contributed by atoms with Crippen molar-refractivity contribution in [3.05, 3.63) is 41.9 Å². The zero-order chi connectivity index (χ0) is 17.6. The number of nitrogens with one attached hydrogen (secondary N) is 2. The van der Waals surface area contributed by atoms with Crippen LogP contribution in [-0.2, 0) is 9.53 Å². The van der Waals surface area contributed by atoms with Crippen LogP contribution in [0.2, 0.25) is 0 Å². The molecule has 1 aliphatic heterocycles. The van der Waals surface area contributed by atoms with Crippen LogP contribution >= 0.6 is 11.3 Å². The van der Waals surface area contributed by atoms with E-state index < -0.39 is 18.5 Å². The van der Waals surface area contributed by atoms with E-state index in [-0.39, 0.29) is 12.5 Å². The second-order valence-electron chi connectivity index (χ2n) is 4.90. The van der Waals surface area contributed by atoms with E-state index in [4.69, 9.17) is 14.2 Å². The molecule has 0 spiro atoms. The molecule has 1 aromatic heterocycles. The largest absolute Gasteiger partial charge is 0.454 e. The van der Waals surface area contributed by atoms with Gasteiger partial charge in [-0.3, -0.25) is 4.79 Å². The summed E-state index contributed by atoms with van der Waals surface area (Å²) in [5.74, 6) is 0.0434. The van der Waals surface area contributed by atoms with Gasteiger partial charge in [0.2, 0.25) is 6.79 Å². The second kappa shape index (κ2) is 7.67. The van der Waals surface area contributed by atoms with Gasteiger partial charge in [-0.2, -0.15) is 0 Å². The van der Waals surface area contributed by atoms with Gasteiger partial charge >= 0.3 is 5.97 Å². The molecule has 25 heavy (non-hydrogen) atoms. The number of fused-ring (bicyclic) bond motifs is 1. The lowest BCUT2D eigenvalue weighted by Crippen LogP contribution is -2.21. The standard InChI is InChI=1S/C16H15N3O5S/c1-2-5-17-16-19-11(8-25-16)15(21)22-7-14(20)18-10-3-4-12-13(6-10)24-9-23-12/h2-4,6,8H,1,5,7,9H2,(H,17,19)(H,18,20). The summed E-state index contributed by atoms with van der Waals surface area (Å²) < 4.78 is 15.4. The van der Waals surface area contributed by atoms with Crippen LogP contribution in [0.1, 0.15) is 10.5 Å². The quantitative estimate of drug-likeness (QED) is 0.576. The average molecular weight is 361 g/mol. The Morgan fingerprint density at radius 2 is 2.20 bits per heavy atom. The number of rotatable bonds is 7. The molecule has 130 valence electrons. The van der Waals surface area contributed by atoms with Crippen molar-refractivity contribution < 1.29 is 23.8 Å². The molecule has 2 heterocycles. The van der Waals surface area contributed by atoms with Crippen LogP contribution in [0.5, 0.6) is 11.5 Å². The fraction of sp³-hybridized carbons (Fsp3) is 0.188. The number of benzene rings is 1. The van der Waals surface area contributed by atoms with Gasteiger partial charge in [-0.25, -0.2) is 9.78 Å². The summed E-state index contributed by atoms with van der Waals surface area (Å²) in [4.78, 5) is 27.9. The molecule has 0 aliphatic carbocycles. The summed E-state index contributed by atoms with van der Waals surface area (Å²) in [5.41, 5.74) is 0.669. The first-order valence-corrected chi connectivity index (χ1v) is 8.20. The van der Waals surface area contributed by atoms with Crippen molar-refractivity contribution in [3.8, 4) is 11.5 Å². The zero-order valence-electron chi connectivity index (χ0n) is 13.1. The number of anilines is 2. The third-order valence-corrected chi connectivity index (χ3v) is 3.90. The lowest BCUT2D eigenvalue weighted by atomic mass is 10.3. The van der Waals surface area contributed by atoms with Crippen molar-refractivity contribution in [2.45, 2.75) is 0 Å². The second-order valence-corrected chi connectivity index (χ2v) is 5.76. The van der Waals surface area contributed by atoms with Gasteiger partial charge in [0.05, 0.1) is 0 Å². The van der Waals surface area contributed by atoms with Gasteiger partial charge < -0.3 is 24.8 Å². The van der Waals surface area contributed by atoms with Crippen molar-refractivity contribution in [2.24, 2.45) is 0 Å². The van der Waals surface area contributed by atoms with Crippen LogP contribution < -0.4 is 20.1 Å². The van der Waals surface area contributed by atoms with Gasteiger partial charge in [0.15, 0.2) is 28.9 Å². The molecule has 0 unspecified atom stereocenters. The lowest BCUT2D eigenvalue weighted by Gasteiger charge is -2.06. The molecule has 2 aromatic rings. The molecule has 2 N–H and O–H groups in total. The Morgan fingerprint density at radius 3 is 3.04 bits per heavy atom. The van der Waals surface area contributed by atoms with Gasteiger partial charge in [0, 0.05) is 23.7 Å². The Hall–Kier alpha value is -3.07. The Labute approximate surface area is 147 Å². The average Bonchev–Trinajstić information content (AvgIpc) is 3.26. The van der Waals surface area contributed by atoms with E-state index in [2.05, 4.69) is 22.2 Å². The van der Waals surface area contributed by atoms with Gasteiger partial charge in [0.1, 0.15) is 0 Å². The van der Waals surface area contributed by atoms with Crippen LogP contribution in [0.4, 0.5) is 10.8 Å². The van der Waals surface area contributed by atoms with Gasteiger partial charge in [0.25, 0.3) is 5.91 Å². The number of carbonyl (C=O) groups is 2. The van der Waals surface area contributed by atoms with Crippen molar-refractivity contribution in [2.75, 3.05) is 30.6 Å². The van der Waals surface area contributed by atoms with Crippen LogP contribution in [0.25, 0.3) is 0 Å². The summed E-state index contributed by atoms with van der Waals surface area (Å²) in [7, 11) is 0. The number of hydrogen-bond donors (Lipinski definition) is 2. The Morgan fingerprint density at radius 1 is 1.36 bits per heavy atom. The van der Waals surface area contributed by atoms with Crippen molar-refractivity contribution in [1.82, 2.24) is 4.98 Å². The monoisotopic (exact) mass is 361 g/mol. The predicted octanol–water partition coefficient (Wildman–Crippen LogP) is 2.27. The number of thiazole rings is 1. The maximum Gasteiger partial charge on any atom is 0.358 e. The van der Waals surface area contributed by atoms with Crippen LogP contribution in [-0.4, -0.2) is 36.8 Å². The Kier molecular flexibility index (Phi) is 5.14. The predicted molar refractivity (Wildman–Crippen MR) is 92.3 cm³/mol. The first-order chi connectivity index (χ1) is 12.2. The minimum absolute atomic E-state index is 0.146. The number of esters is 1. The molecule has 0 fully saturated rings. The number of nitrogens with zero attached hydrogens (tertiary/aromatic N) is 1. The zero-order valence-corrected chi connectivity index (χ0v) is 13.9. The number of amides is 1. The van der Waals surface area contributed by atoms with Crippen molar-refractivity contribution in [3.63, 3.8) is 0 Å². The number of carbonyl (C=O) groups excluding carboxylic acids is 2. The highest BCUT2D eigenvalue weighted by molar-refractivity contribution is 7.13. The van der Waals surface area contributed by atoms with E-state index in [1.165, 1.54) is 11.3 Å². The van der Waals surface area contributed by atoms with E-state index in [9.17, 15) is 9.59 Å². The lowest BCUT2D eigenvalue weighted by molar-refractivity contribution is -0.119. The maximum atomic E-state index is 11.9. The number of ether oxygens (including phenoxy) is 3. The van der Waals surface area contributed by atoms with Crippen LogP contribution in [0, 0.1) is 0 Å². The first kappa shape index (κ1) is 16.8. The summed E-state index contributed by atoms with van der Waals surface area (Å²) in [6.07, 6.45) is 1.68. The van der Waals surface area contributed by atoms with E-state index in [1.807, 2.05) is 0 Å². The molecule has 1 aromatic carbocycles. The minimum atomic E-state index is -0.663. The molecule has 0 radical (unpaired) electrons. The number of hydrogen-bond acceptors (Lipinski definition) is 8. The fourth-order valence-electron chi connectivity index (χ4n) is 1.98. The molecular formula is C16H15N3O5S. The molecule has 1 aliphatic rings. The topological polar surface area (TPSA) is 98.8 Å². The van der Waals surface area contributed by atoms with E-state index in [1.54, 1.807) is 29.7 Å². The van der Waals surface area contributed by atoms with E-state index in [0.717, 1.165) is 0 Å². The van der Waals surface area contributed by atoms with Gasteiger partial charge in [-0.15, -0.1) is 17.9 Å². The van der Waals surface area contributed by atoms with E-state index >= 15 is 0 Å². The molecule has 3 rings (SSSR count). The summed E-state index contributed by atoms with van der Waals surface area (Å²) in [6, 6.07) is 5.00. The van der Waals surface area contributed by atoms with Gasteiger partial charge in [-0.05, 0) is 12.1 Å². The molecule has 0 bridgehead atoms. The highest BCUT2D eigenvalue weighted by Gasteiger charge is 2.16. The SMILES string of the molecule is C=CCNc1nc(C(=O)OCC(=O)Nc2ccc3c(c2)OCO3)cs1. The Balaban J connectivity index is 1.49. The van der Waals surface area contributed by atoms with Crippen molar-refractivity contribution >= 4 is 34.0 Å². The summed E-state index contributed by atoms with van der Waals surface area (Å²) >= 11 is 1.27. The molecular weight excluding hydrogens is 346 g/mol. The van der Waals surface area contributed by atoms with Gasteiger partial charge in [-0.1, -0.05) is 6.08 Å². The highest BCUT2D eigenvalue weighted by atomic mass is 32.1. The maximum absolute atomic E-state index is 11.9. The fourth-order valence-corrected chi connectivity index (χ4v) is 2.67. The molecule has 0 atom stereocenters. The first-order valence-electron chi connectivity index (χ1n) is 7.32. The molecule has 1 amide bonds. The third-order valence-electron chi connectivity index (χ3n) is 3.10. The van der Waals surface area contributed by atoms with Crippen LogP contribution in [0.3, 0.4) is 0 Å². The normalized spacial score (nSPS) is 11.7. The summed E-state index contributed by atoms with van der Waals surface area (Å²) in [5, 5.41) is 7.73. The summed E-state index contributed by atoms with van der Waals surface area (Å²) in [6.45, 7) is 3.86.